The van der Waals surface area contributed by atoms with Crippen LogP contribution in [0.5, 0.6) is 0 Å². The third-order valence-corrected chi connectivity index (χ3v) is 11.1. The van der Waals surface area contributed by atoms with Gasteiger partial charge in [-0.3, -0.25) is 4.79 Å². The maximum absolute atomic E-state index is 11.6. The summed E-state index contributed by atoms with van der Waals surface area (Å²) in [7, 11) is 1.49. The summed E-state index contributed by atoms with van der Waals surface area (Å²) >= 11 is 0. The van der Waals surface area contributed by atoms with Crippen LogP contribution in [0.15, 0.2) is 0 Å². The third kappa shape index (κ3) is 6.09. The molecule has 9 atom stereocenters. The van der Waals surface area contributed by atoms with Gasteiger partial charge in [0.1, 0.15) is 0 Å². The lowest BCUT2D eigenvalue weighted by atomic mass is 9.44. The fraction of sp³-hybridized carbons (Fsp3) is 0.967. The van der Waals surface area contributed by atoms with E-state index in [1.54, 1.807) is 0 Å². The highest BCUT2D eigenvalue weighted by Crippen LogP contribution is 2.68. The summed E-state index contributed by atoms with van der Waals surface area (Å²) in [4.78, 5) is 11.6. The molecule has 0 amide bonds. The normalized spacial score (nSPS) is 41.2. The number of aliphatic hydroxyl groups excluding tert-OH is 1. The molecule has 4 aliphatic carbocycles. The topological polar surface area (TPSA) is 84.6 Å². The van der Waals surface area contributed by atoms with Crippen LogP contribution in [0.1, 0.15) is 105 Å². The largest absolute Gasteiger partial charge is 0.469 e. The summed E-state index contributed by atoms with van der Waals surface area (Å²) in [6, 6.07) is 0.573. The van der Waals surface area contributed by atoms with Crippen molar-refractivity contribution in [3.05, 3.63) is 0 Å². The summed E-state index contributed by atoms with van der Waals surface area (Å²) in [6.07, 6.45) is 13.1. The molecule has 0 spiro atoms. The number of nitrogens with two attached hydrogens (primary N) is 1. The van der Waals surface area contributed by atoms with Gasteiger partial charge in [0.05, 0.1) is 13.2 Å². The number of rotatable bonds is 7. The fourth-order valence-corrected chi connectivity index (χ4v) is 9.35. The fourth-order valence-electron chi connectivity index (χ4n) is 9.35. The SMILES string of the molecule is CC(C)NCCN.COC(=O)CCC(C)C1CCC2C3C[C@H](O)C4CCCCC4(C)C3CCC12C. The second kappa shape index (κ2) is 12.3. The molecule has 0 radical (unpaired) electrons. The van der Waals surface area contributed by atoms with Gasteiger partial charge in [-0.25, -0.2) is 0 Å². The van der Waals surface area contributed by atoms with E-state index in [0.29, 0.717) is 41.0 Å². The van der Waals surface area contributed by atoms with Gasteiger partial charge in [-0.05, 0) is 97.7 Å². The van der Waals surface area contributed by atoms with Gasteiger partial charge < -0.3 is 20.9 Å². The number of carbonyl (C=O) groups is 1. The highest BCUT2D eigenvalue weighted by Gasteiger charge is 2.61. The molecule has 5 nitrogen and oxygen atoms in total. The van der Waals surface area contributed by atoms with Gasteiger partial charge in [0.25, 0.3) is 0 Å². The Morgan fingerprint density at radius 3 is 2.37 bits per heavy atom. The van der Waals surface area contributed by atoms with Crippen LogP contribution in [-0.4, -0.2) is 43.4 Å². The molecule has 4 fully saturated rings. The molecule has 5 heteroatoms. The van der Waals surface area contributed by atoms with Crippen molar-refractivity contribution in [3.8, 4) is 0 Å². The second-order valence-electron chi connectivity index (χ2n) is 13.3. The number of hydrogen-bond donors (Lipinski definition) is 3. The average molecular weight is 493 g/mol. The standard InChI is InChI=1S/C25H42O3.C5H14N2/c1-16(8-11-23(27)28-4)18-9-10-19-17-15-22(26)21-7-5-6-13-24(21,2)20(17)12-14-25(18,19)3;1-5(2)7-4-3-6/h16-22,26H,5-15H2,1-4H3;5,7H,3-4,6H2,1-2H3/t16?,17?,18?,19?,20?,21?,22-,24?,25?;/m0./s1. The van der Waals surface area contributed by atoms with Crippen molar-refractivity contribution < 1.29 is 14.6 Å². The Hall–Kier alpha value is -0.650. The summed E-state index contributed by atoms with van der Waals surface area (Å²) in [5.41, 5.74) is 5.98. The van der Waals surface area contributed by atoms with Crippen LogP contribution in [0.25, 0.3) is 0 Å². The zero-order valence-corrected chi connectivity index (χ0v) is 23.7. The first-order valence-electron chi connectivity index (χ1n) is 14.8. The number of esters is 1. The highest BCUT2D eigenvalue weighted by molar-refractivity contribution is 5.69. The minimum absolute atomic E-state index is 0.0677. The highest BCUT2D eigenvalue weighted by atomic mass is 16.5. The van der Waals surface area contributed by atoms with Crippen molar-refractivity contribution >= 4 is 5.97 Å². The van der Waals surface area contributed by atoms with E-state index in [-0.39, 0.29) is 12.1 Å². The van der Waals surface area contributed by atoms with Crippen molar-refractivity contribution in [1.82, 2.24) is 5.32 Å². The van der Waals surface area contributed by atoms with E-state index >= 15 is 0 Å². The van der Waals surface area contributed by atoms with Crippen LogP contribution in [0.3, 0.4) is 0 Å². The van der Waals surface area contributed by atoms with Gasteiger partial charge in [-0.15, -0.1) is 0 Å². The van der Waals surface area contributed by atoms with Gasteiger partial charge in [0.15, 0.2) is 0 Å². The summed E-state index contributed by atoms with van der Waals surface area (Å²) in [5, 5.41) is 14.3. The Kier molecular flexibility index (Phi) is 10.1. The minimum Gasteiger partial charge on any atom is -0.469 e. The smallest absolute Gasteiger partial charge is 0.305 e. The monoisotopic (exact) mass is 492 g/mol. The Balaban J connectivity index is 0.000000429. The summed E-state index contributed by atoms with van der Waals surface area (Å²) < 4.78 is 4.87. The molecule has 0 aromatic carbocycles. The van der Waals surface area contributed by atoms with Gasteiger partial charge in [-0.2, -0.15) is 0 Å². The zero-order valence-electron chi connectivity index (χ0n) is 23.7. The molecule has 35 heavy (non-hydrogen) atoms. The van der Waals surface area contributed by atoms with Crippen LogP contribution >= 0.6 is 0 Å². The maximum atomic E-state index is 11.6. The van der Waals surface area contributed by atoms with Crippen LogP contribution in [0, 0.1) is 46.3 Å². The predicted molar refractivity (Wildman–Crippen MR) is 144 cm³/mol. The number of nitrogens with one attached hydrogen (secondary N) is 1. The second-order valence-corrected chi connectivity index (χ2v) is 13.3. The molecular formula is C30H56N2O3. The number of fused-ring (bicyclic) bond motifs is 5. The number of aliphatic hydroxyl groups is 1. The minimum atomic E-state index is -0.0790. The Bertz CT molecular complexity index is 685. The van der Waals surface area contributed by atoms with Gasteiger partial charge in [-0.1, -0.05) is 47.5 Å². The zero-order chi connectivity index (χ0) is 25.8. The first-order valence-corrected chi connectivity index (χ1v) is 14.8. The molecule has 4 aliphatic rings. The van der Waals surface area contributed by atoms with Crippen molar-refractivity contribution in [2.24, 2.45) is 52.1 Å². The molecular weight excluding hydrogens is 436 g/mol. The van der Waals surface area contributed by atoms with Crippen LogP contribution in [0.2, 0.25) is 0 Å². The first kappa shape index (κ1) is 28.9. The van der Waals surface area contributed by atoms with E-state index < -0.39 is 0 Å². The molecule has 4 saturated carbocycles. The van der Waals surface area contributed by atoms with Crippen molar-refractivity contribution in [3.63, 3.8) is 0 Å². The van der Waals surface area contributed by atoms with Gasteiger partial charge in [0, 0.05) is 25.6 Å². The lowest BCUT2D eigenvalue weighted by Gasteiger charge is -2.62. The molecule has 0 bridgehead atoms. The lowest BCUT2D eigenvalue weighted by Crippen LogP contribution is -2.57. The Morgan fingerprint density at radius 1 is 1.03 bits per heavy atom. The molecule has 4 rings (SSSR count). The molecule has 4 N–H and O–H groups in total. The lowest BCUT2D eigenvalue weighted by molar-refractivity contribution is -0.159. The quantitative estimate of drug-likeness (QED) is 0.406. The van der Waals surface area contributed by atoms with Crippen molar-refractivity contribution in [1.29, 1.82) is 0 Å². The molecule has 204 valence electrons. The van der Waals surface area contributed by atoms with Crippen molar-refractivity contribution in [2.45, 2.75) is 117 Å². The number of ether oxygens (including phenoxy) is 1. The molecule has 0 aliphatic heterocycles. The van der Waals surface area contributed by atoms with E-state index in [1.165, 1.54) is 58.5 Å². The van der Waals surface area contributed by atoms with Crippen LogP contribution < -0.4 is 11.1 Å². The van der Waals surface area contributed by atoms with Crippen molar-refractivity contribution in [2.75, 3.05) is 20.2 Å². The van der Waals surface area contributed by atoms with Gasteiger partial charge in [0.2, 0.25) is 0 Å². The van der Waals surface area contributed by atoms with E-state index in [4.69, 9.17) is 10.5 Å². The maximum Gasteiger partial charge on any atom is 0.305 e. The third-order valence-electron chi connectivity index (χ3n) is 11.1. The average Bonchev–Trinajstić information content (AvgIpc) is 3.18. The summed E-state index contributed by atoms with van der Waals surface area (Å²) in [5.74, 6) is 4.08. The van der Waals surface area contributed by atoms with E-state index in [9.17, 15) is 9.90 Å². The predicted octanol–water partition coefficient (Wildman–Crippen LogP) is 5.54. The number of methoxy groups -OCH3 is 1. The van der Waals surface area contributed by atoms with E-state index in [0.717, 1.165) is 43.7 Å². The molecule has 8 unspecified atom stereocenters. The summed E-state index contributed by atoms with van der Waals surface area (Å²) in [6.45, 7) is 13.3. The van der Waals surface area contributed by atoms with Gasteiger partial charge >= 0.3 is 5.97 Å². The molecule has 0 saturated heterocycles. The number of hydrogen-bond acceptors (Lipinski definition) is 5. The molecule has 0 aromatic heterocycles. The van der Waals surface area contributed by atoms with Crippen LogP contribution in [0.4, 0.5) is 0 Å². The Labute approximate surface area is 215 Å². The van der Waals surface area contributed by atoms with E-state index in [2.05, 4.69) is 39.9 Å². The van der Waals surface area contributed by atoms with E-state index in [1.807, 2.05) is 0 Å². The molecule has 0 heterocycles. The Morgan fingerprint density at radius 2 is 1.74 bits per heavy atom. The molecule has 0 aromatic rings. The first-order chi connectivity index (χ1) is 16.6. The van der Waals surface area contributed by atoms with Crippen LogP contribution in [-0.2, 0) is 9.53 Å². The number of carbonyl (C=O) groups excluding carboxylic acids is 1.